The van der Waals surface area contributed by atoms with Gasteiger partial charge in [-0.3, -0.25) is 4.53 Å². The predicted octanol–water partition coefficient (Wildman–Crippen LogP) is 0.374. The van der Waals surface area contributed by atoms with Crippen LogP contribution in [-0.4, -0.2) is 31.2 Å². The summed E-state index contributed by atoms with van der Waals surface area (Å²) in [4.78, 5) is 20.6. The number of rotatable bonds is 5. The summed E-state index contributed by atoms with van der Waals surface area (Å²) in [6.45, 7) is 0. The van der Waals surface area contributed by atoms with Gasteiger partial charge < -0.3 is 5.11 Å². The van der Waals surface area contributed by atoms with Crippen LogP contribution in [0, 0.1) is 10.1 Å². The van der Waals surface area contributed by atoms with Crippen LogP contribution in [0.15, 0.2) is 30.3 Å². The topological polar surface area (TPSA) is 92.9 Å². The van der Waals surface area contributed by atoms with E-state index in [-0.39, 0.29) is 5.17 Å². The molecule has 0 aliphatic heterocycles. The Bertz CT molecular complexity index is 358. The molecule has 1 rings (SSSR count). The van der Waals surface area contributed by atoms with Gasteiger partial charge in [0, 0.05) is 0 Å². The second-order valence-electron chi connectivity index (χ2n) is 2.86. The zero-order chi connectivity index (χ0) is 12.0. The molecular formula is C8H10N2O5Si. The van der Waals surface area contributed by atoms with Gasteiger partial charge in [-0.2, -0.15) is 0 Å². The normalized spacial score (nSPS) is 10.5. The summed E-state index contributed by atoms with van der Waals surface area (Å²) < 4.78 is 4.64. The van der Waals surface area contributed by atoms with E-state index in [2.05, 4.69) is 4.53 Å². The molecule has 0 aliphatic rings. The highest BCUT2D eigenvalue weighted by Gasteiger charge is 2.24. The first kappa shape index (κ1) is 12.1. The van der Waals surface area contributed by atoms with Gasteiger partial charge in [-0.15, -0.1) is 0 Å². The fraction of sp³-hybridized carbons (Fsp3) is 0.125. The summed E-state index contributed by atoms with van der Waals surface area (Å²) >= 11 is 0. The smallest absolute Gasteiger partial charge is 0.459 e. The van der Waals surface area contributed by atoms with Crippen molar-refractivity contribution in [3.05, 3.63) is 46.0 Å². The molecule has 0 heterocycles. The van der Waals surface area contributed by atoms with Crippen LogP contribution in [0.25, 0.3) is 0 Å². The van der Waals surface area contributed by atoms with Crippen LogP contribution >= 0.6 is 0 Å². The van der Waals surface area contributed by atoms with Gasteiger partial charge in [0.1, 0.15) is 5.17 Å². The van der Waals surface area contributed by atoms with Gasteiger partial charge in [0.2, 0.25) is 9.76 Å². The van der Waals surface area contributed by atoms with E-state index < -0.39 is 20.9 Å². The molecule has 0 spiro atoms. The molecule has 7 nitrogen and oxygen atoms in total. The highest BCUT2D eigenvalue weighted by atomic mass is 28.2. The number of carboxylic acid groups (broad SMARTS) is 1. The van der Waals surface area contributed by atoms with Crippen molar-refractivity contribution >= 4 is 15.9 Å². The molecule has 1 N–H and O–H groups in total. The van der Waals surface area contributed by atoms with E-state index in [1.54, 1.807) is 0 Å². The molecule has 0 atom stereocenters. The Labute approximate surface area is 93.3 Å². The fourth-order valence-electron chi connectivity index (χ4n) is 1.07. The molecule has 1 aromatic rings. The summed E-state index contributed by atoms with van der Waals surface area (Å²) in [6.07, 6.45) is -1.72. The maximum Gasteiger partial charge on any atom is 0.494 e. The third kappa shape index (κ3) is 3.67. The van der Waals surface area contributed by atoms with E-state index >= 15 is 0 Å². The van der Waals surface area contributed by atoms with Gasteiger partial charge in [-0.25, -0.2) is 14.9 Å². The number of amides is 1. The minimum Gasteiger partial charge on any atom is -0.459 e. The maximum absolute atomic E-state index is 10.4. The van der Waals surface area contributed by atoms with Crippen LogP contribution in [0.3, 0.4) is 0 Å². The summed E-state index contributed by atoms with van der Waals surface area (Å²) in [5.74, 6) is 0. The standard InChI is InChI=1S/C8H10N2O5Si/c11-8(12)9(10(13)14)15-16-6-7-4-2-1-3-5-7/h1-5H,6,16H2,(H,11,12). The molecule has 16 heavy (non-hydrogen) atoms. The van der Waals surface area contributed by atoms with Gasteiger partial charge >= 0.3 is 6.09 Å². The molecule has 86 valence electrons. The number of nitro groups is 1. The summed E-state index contributed by atoms with van der Waals surface area (Å²) in [7, 11) is -1.32. The highest BCUT2D eigenvalue weighted by molar-refractivity contribution is 6.26. The van der Waals surface area contributed by atoms with Crippen LogP contribution in [-0.2, 0) is 10.6 Å². The van der Waals surface area contributed by atoms with Gasteiger partial charge in [-0.05, 0) is 11.6 Å². The van der Waals surface area contributed by atoms with Crippen molar-refractivity contribution in [2.75, 3.05) is 0 Å². The molecule has 1 aromatic carbocycles. The number of carbonyl (C=O) groups is 1. The molecular weight excluding hydrogens is 232 g/mol. The lowest BCUT2D eigenvalue weighted by atomic mass is 10.2. The molecule has 1 amide bonds. The molecule has 0 aliphatic carbocycles. The molecule has 0 fully saturated rings. The van der Waals surface area contributed by atoms with E-state index in [9.17, 15) is 14.9 Å². The highest BCUT2D eigenvalue weighted by Crippen LogP contribution is 1.99. The zero-order valence-corrected chi connectivity index (χ0v) is 9.69. The number of hydrazine groups is 1. The number of hydrogen-bond acceptors (Lipinski definition) is 4. The van der Waals surface area contributed by atoms with E-state index in [4.69, 9.17) is 5.11 Å². The molecule has 0 saturated heterocycles. The Kier molecular flexibility index (Phi) is 4.42. The van der Waals surface area contributed by atoms with E-state index in [0.29, 0.717) is 6.04 Å². The first-order chi connectivity index (χ1) is 7.61. The van der Waals surface area contributed by atoms with Crippen molar-refractivity contribution < 1.29 is 19.5 Å². The van der Waals surface area contributed by atoms with Crippen LogP contribution in [0.1, 0.15) is 5.56 Å². The minimum atomic E-state index is -1.72. The first-order valence-electron chi connectivity index (χ1n) is 4.45. The Balaban J connectivity index is 2.40. The van der Waals surface area contributed by atoms with Crippen LogP contribution in [0.4, 0.5) is 4.79 Å². The summed E-state index contributed by atoms with van der Waals surface area (Å²) in [5, 5.41) is 17.3. The van der Waals surface area contributed by atoms with Gasteiger partial charge in [-0.1, -0.05) is 30.3 Å². The van der Waals surface area contributed by atoms with Crippen molar-refractivity contribution in [2.45, 2.75) is 6.04 Å². The van der Waals surface area contributed by atoms with Crippen molar-refractivity contribution in [1.29, 1.82) is 0 Å². The van der Waals surface area contributed by atoms with Crippen molar-refractivity contribution in [1.82, 2.24) is 5.17 Å². The molecule has 0 radical (unpaired) electrons. The van der Waals surface area contributed by atoms with Crippen LogP contribution in [0.2, 0.25) is 0 Å². The van der Waals surface area contributed by atoms with Crippen molar-refractivity contribution in [2.24, 2.45) is 0 Å². The molecule has 0 saturated carbocycles. The maximum atomic E-state index is 10.4. The lowest BCUT2D eigenvalue weighted by molar-refractivity contribution is -0.696. The zero-order valence-electron chi connectivity index (χ0n) is 8.28. The minimum absolute atomic E-state index is 0.241. The van der Waals surface area contributed by atoms with Crippen LogP contribution in [0.5, 0.6) is 0 Å². The average molecular weight is 242 g/mol. The third-order valence-corrected chi connectivity index (χ3v) is 2.97. The number of hydrogen-bond donors (Lipinski definition) is 1. The summed E-state index contributed by atoms with van der Waals surface area (Å²) in [5.41, 5.74) is 0.975. The average Bonchev–Trinajstić information content (AvgIpc) is 2.24. The quantitative estimate of drug-likeness (QED) is 0.457. The van der Waals surface area contributed by atoms with Gasteiger partial charge in [0.05, 0.1) is 0 Å². The monoisotopic (exact) mass is 242 g/mol. The number of hydroxylamine groups is 1. The van der Waals surface area contributed by atoms with E-state index in [0.717, 1.165) is 5.56 Å². The number of benzene rings is 1. The Hall–Kier alpha value is -1.93. The van der Waals surface area contributed by atoms with Gasteiger partial charge in [0.25, 0.3) is 0 Å². The Morgan fingerprint density at radius 2 is 2.12 bits per heavy atom. The van der Waals surface area contributed by atoms with Crippen molar-refractivity contribution in [3.8, 4) is 0 Å². The van der Waals surface area contributed by atoms with E-state index in [1.165, 1.54) is 0 Å². The number of nitrogens with zero attached hydrogens (tertiary/aromatic N) is 2. The Morgan fingerprint density at radius 1 is 1.50 bits per heavy atom. The van der Waals surface area contributed by atoms with Gasteiger partial charge in [0.15, 0.2) is 5.03 Å². The second kappa shape index (κ2) is 5.83. The fourth-order valence-corrected chi connectivity index (χ4v) is 2.10. The predicted molar refractivity (Wildman–Crippen MR) is 56.6 cm³/mol. The molecule has 0 aromatic heterocycles. The second-order valence-corrected chi connectivity index (χ2v) is 4.03. The Morgan fingerprint density at radius 3 is 2.62 bits per heavy atom. The summed E-state index contributed by atoms with van der Waals surface area (Å²) in [6, 6.07) is 9.78. The lowest BCUT2D eigenvalue weighted by Gasteiger charge is -2.07. The third-order valence-electron chi connectivity index (χ3n) is 1.76. The van der Waals surface area contributed by atoms with Crippen LogP contribution < -0.4 is 0 Å². The first-order valence-corrected chi connectivity index (χ1v) is 6.03. The van der Waals surface area contributed by atoms with Crippen molar-refractivity contribution in [3.63, 3.8) is 0 Å². The SMILES string of the molecule is O=C(O)N(O[SiH2]Cc1ccccc1)[N+](=O)[O-]. The molecule has 8 heteroatoms. The molecule has 0 unspecified atom stereocenters. The van der Waals surface area contributed by atoms with E-state index in [1.807, 2.05) is 30.3 Å². The lowest BCUT2D eigenvalue weighted by Crippen LogP contribution is -2.36. The molecule has 0 bridgehead atoms. The largest absolute Gasteiger partial charge is 0.494 e.